The first-order chi connectivity index (χ1) is 7.66. The molecule has 16 heavy (non-hydrogen) atoms. The van der Waals surface area contributed by atoms with Gasteiger partial charge < -0.3 is 9.88 Å². The van der Waals surface area contributed by atoms with Crippen molar-refractivity contribution in [1.82, 2.24) is 25.1 Å². The van der Waals surface area contributed by atoms with Crippen molar-refractivity contribution < 1.29 is 4.79 Å². The van der Waals surface area contributed by atoms with Crippen LogP contribution in [0.1, 0.15) is 22.0 Å². The number of carbonyl (C=O) groups excluding carboxylic acids is 1. The molecule has 6 heteroatoms. The summed E-state index contributed by atoms with van der Waals surface area (Å²) >= 11 is 0. The summed E-state index contributed by atoms with van der Waals surface area (Å²) in [4.78, 5) is 15.7. The smallest absolute Gasteiger partial charge is 0.272 e. The number of rotatable bonds is 3. The minimum atomic E-state index is -0.202. The summed E-state index contributed by atoms with van der Waals surface area (Å²) in [5.41, 5.74) is 1.26. The van der Waals surface area contributed by atoms with E-state index in [-0.39, 0.29) is 5.91 Å². The zero-order valence-electron chi connectivity index (χ0n) is 9.19. The molecule has 0 aromatic carbocycles. The molecule has 0 saturated carbocycles. The summed E-state index contributed by atoms with van der Waals surface area (Å²) in [6, 6.07) is 1.70. The van der Waals surface area contributed by atoms with E-state index in [0.29, 0.717) is 12.2 Å². The normalized spacial score (nSPS) is 10.4. The first-order valence-corrected chi connectivity index (χ1v) is 4.93. The fourth-order valence-corrected chi connectivity index (χ4v) is 1.35. The van der Waals surface area contributed by atoms with Crippen molar-refractivity contribution in [3.63, 3.8) is 0 Å². The van der Waals surface area contributed by atoms with Gasteiger partial charge in [-0.1, -0.05) is 0 Å². The summed E-state index contributed by atoms with van der Waals surface area (Å²) < 4.78 is 1.86. The van der Waals surface area contributed by atoms with Gasteiger partial charge in [-0.15, -0.1) is 0 Å². The van der Waals surface area contributed by atoms with Gasteiger partial charge in [0, 0.05) is 25.1 Å². The van der Waals surface area contributed by atoms with Crippen molar-refractivity contribution in [3.05, 3.63) is 35.7 Å². The number of nitrogens with zero attached hydrogens (tertiary/aromatic N) is 3. The number of imidazole rings is 1. The third-order valence-corrected chi connectivity index (χ3v) is 2.27. The molecule has 0 unspecified atom stereocenters. The van der Waals surface area contributed by atoms with Crippen LogP contribution in [0.3, 0.4) is 0 Å². The third kappa shape index (κ3) is 2.10. The molecule has 1 amide bonds. The highest BCUT2D eigenvalue weighted by Crippen LogP contribution is 1.98. The second-order valence-electron chi connectivity index (χ2n) is 3.57. The maximum absolute atomic E-state index is 11.6. The first kappa shape index (κ1) is 10.4. The molecule has 6 nitrogen and oxygen atoms in total. The summed E-state index contributed by atoms with van der Waals surface area (Å²) in [5.74, 6) is 0.605. The fraction of sp³-hybridized carbons (Fsp3) is 0.300. The molecular formula is C10H13N5O. The molecule has 84 valence electrons. The quantitative estimate of drug-likeness (QED) is 0.783. The number of aromatic nitrogens is 4. The fourth-order valence-electron chi connectivity index (χ4n) is 1.35. The summed E-state index contributed by atoms with van der Waals surface area (Å²) in [6.45, 7) is 2.25. The highest BCUT2D eigenvalue weighted by Gasteiger charge is 2.09. The Labute approximate surface area is 92.7 Å². The molecule has 2 rings (SSSR count). The molecule has 0 saturated heterocycles. The molecule has 0 atom stereocenters. The van der Waals surface area contributed by atoms with E-state index in [1.807, 2.05) is 24.7 Å². The van der Waals surface area contributed by atoms with Crippen LogP contribution in [0.25, 0.3) is 0 Å². The summed E-state index contributed by atoms with van der Waals surface area (Å²) in [6.07, 6.45) is 3.53. The minimum Gasteiger partial charge on any atom is -0.343 e. The highest BCUT2D eigenvalue weighted by atomic mass is 16.1. The van der Waals surface area contributed by atoms with Crippen molar-refractivity contribution in [3.8, 4) is 0 Å². The second kappa shape index (κ2) is 4.18. The van der Waals surface area contributed by atoms with E-state index in [9.17, 15) is 4.79 Å². The van der Waals surface area contributed by atoms with E-state index < -0.39 is 0 Å². The molecule has 2 heterocycles. The van der Waals surface area contributed by atoms with Gasteiger partial charge in [-0.2, -0.15) is 5.10 Å². The van der Waals surface area contributed by atoms with Crippen molar-refractivity contribution >= 4 is 5.91 Å². The Morgan fingerprint density at radius 1 is 1.62 bits per heavy atom. The number of aryl methyl sites for hydroxylation is 2. The lowest BCUT2D eigenvalue weighted by molar-refractivity contribution is 0.0944. The molecule has 0 aliphatic carbocycles. The zero-order valence-corrected chi connectivity index (χ0v) is 9.19. The standard InChI is InChI=1S/C10H13N5O/c1-7-5-8(14-13-7)10(16)12-6-9-11-3-4-15(9)2/h3-5H,6H2,1-2H3,(H,12,16)(H,13,14). The van der Waals surface area contributed by atoms with Crippen LogP contribution in [-0.4, -0.2) is 25.7 Å². The van der Waals surface area contributed by atoms with Crippen LogP contribution < -0.4 is 5.32 Å². The molecule has 0 radical (unpaired) electrons. The van der Waals surface area contributed by atoms with Crippen LogP contribution in [0.15, 0.2) is 18.5 Å². The van der Waals surface area contributed by atoms with Crippen LogP contribution in [0, 0.1) is 6.92 Å². The average Bonchev–Trinajstić information content (AvgIpc) is 2.84. The van der Waals surface area contributed by atoms with Gasteiger partial charge >= 0.3 is 0 Å². The number of H-pyrrole nitrogens is 1. The molecule has 0 fully saturated rings. The van der Waals surface area contributed by atoms with Crippen molar-refractivity contribution in [1.29, 1.82) is 0 Å². The number of nitrogens with one attached hydrogen (secondary N) is 2. The van der Waals surface area contributed by atoms with E-state index in [1.54, 1.807) is 12.3 Å². The molecular weight excluding hydrogens is 206 g/mol. The highest BCUT2D eigenvalue weighted by molar-refractivity contribution is 5.92. The Morgan fingerprint density at radius 3 is 3.00 bits per heavy atom. The summed E-state index contributed by atoms with van der Waals surface area (Å²) in [5, 5.41) is 9.35. The van der Waals surface area contributed by atoms with Crippen molar-refractivity contribution in [2.45, 2.75) is 13.5 Å². The first-order valence-electron chi connectivity index (χ1n) is 4.93. The van der Waals surface area contributed by atoms with Crippen LogP contribution in [0.2, 0.25) is 0 Å². The predicted octanol–water partition coefficient (Wildman–Crippen LogP) is 0.382. The van der Waals surface area contributed by atoms with Gasteiger partial charge in [-0.3, -0.25) is 9.89 Å². The maximum Gasteiger partial charge on any atom is 0.272 e. The lowest BCUT2D eigenvalue weighted by Gasteiger charge is -2.02. The van der Waals surface area contributed by atoms with E-state index in [0.717, 1.165) is 11.5 Å². The van der Waals surface area contributed by atoms with Gasteiger partial charge in [-0.05, 0) is 13.0 Å². The van der Waals surface area contributed by atoms with E-state index >= 15 is 0 Å². The van der Waals surface area contributed by atoms with Gasteiger partial charge in [0.2, 0.25) is 0 Å². The number of hydrogen-bond acceptors (Lipinski definition) is 3. The Bertz CT molecular complexity index is 499. The Balaban J connectivity index is 1.96. The Hall–Kier alpha value is -2.11. The monoisotopic (exact) mass is 219 g/mol. The maximum atomic E-state index is 11.6. The Morgan fingerprint density at radius 2 is 2.44 bits per heavy atom. The van der Waals surface area contributed by atoms with E-state index in [1.165, 1.54) is 0 Å². The van der Waals surface area contributed by atoms with Crippen LogP contribution in [0.4, 0.5) is 0 Å². The summed E-state index contributed by atoms with van der Waals surface area (Å²) in [7, 11) is 1.88. The number of amides is 1. The molecule has 2 aromatic rings. The molecule has 2 N–H and O–H groups in total. The van der Waals surface area contributed by atoms with Gasteiger partial charge in [0.15, 0.2) is 0 Å². The number of hydrogen-bond donors (Lipinski definition) is 2. The SMILES string of the molecule is Cc1cc(C(=O)NCc2nccn2C)n[nH]1. The molecule has 0 aliphatic heterocycles. The van der Waals surface area contributed by atoms with Gasteiger partial charge in [0.25, 0.3) is 5.91 Å². The van der Waals surface area contributed by atoms with E-state index in [4.69, 9.17) is 0 Å². The van der Waals surface area contributed by atoms with Gasteiger partial charge in [-0.25, -0.2) is 4.98 Å². The minimum absolute atomic E-state index is 0.202. The van der Waals surface area contributed by atoms with Gasteiger partial charge in [0.05, 0.1) is 6.54 Å². The average molecular weight is 219 g/mol. The topological polar surface area (TPSA) is 75.6 Å². The molecule has 2 aromatic heterocycles. The van der Waals surface area contributed by atoms with Gasteiger partial charge in [0.1, 0.15) is 11.5 Å². The van der Waals surface area contributed by atoms with Crippen LogP contribution >= 0.6 is 0 Å². The van der Waals surface area contributed by atoms with Crippen molar-refractivity contribution in [2.24, 2.45) is 7.05 Å². The molecule has 0 aliphatic rings. The lowest BCUT2D eigenvalue weighted by Crippen LogP contribution is -2.24. The zero-order chi connectivity index (χ0) is 11.5. The van der Waals surface area contributed by atoms with E-state index in [2.05, 4.69) is 20.5 Å². The number of aromatic amines is 1. The van der Waals surface area contributed by atoms with Crippen LogP contribution in [0.5, 0.6) is 0 Å². The van der Waals surface area contributed by atoms with Crippen LogP contribution in [-0.2, 0) is 13.6 Å². The third-order valence-electron chi connectivity index (χ3n) is 2.27. The largest absolute Gasteiger partial charge is 0.343 e. The second-order valence-corrected chi connectivity index (χ2v) is 3.57. The molecule has 0 bridgehead atoms. The predicted molar refractivity (Wildman–Crippen MR) is 57.7 cm³/mol. The lowest BCUT2D eigenvalue weighted by atomic mass is 10.3. The van der Waals surface area contributed by atoms with Crippen molar-refractivity contribution in [2.75, 3.05) is 0 Å². The Kier molecular flexibility index (Phi) is 2.72. The molecule has 0 spiro atoms. The number of carbonyl (C=O) groups is 1.